The highest BCUT2D eigenvalue weighted by molar-refractivity contribution is 6.01. The van der Waals surface area contributed by atoms with E-state index < -0.39 is 0 Å². The molecule has 1 N–H and O–H groups in total. The Morgan fingerprint density at radius 3 is 2.70 bits per heavy atom. The molecule has 2 atom stereocenters. The predicted octanol–water partition coefficient (Wildman–Crippen LogP) is 5.03. The van der Waals surface area contributed by atoms with E-state index in [1.54, 1.807) is 0 Å². The van der Waals surface area contributed by atoms with Crippen LogP contribution in [0.3, 0.4) is 0 Å². The van der Waals surface area contributed by atoms with Crippen LogP contribution >= 0.6 is 0 Å². The number of amides is 2. The highest BCUT2D eigenvalue weighted by Crippen LogP contribution is 2.35. The Labute approximate surface area is 137 Å². The molecule has 0 radical (unpaired) electrons. The summed E-state index contributed by atoms with van der Waals surface area (Å²) in [6, 6.07) is 14.9. The van der Waals surface area contributed by atoms with Gasteiger partial charge in [0.15, 0.2) is 0 Å². The molecule has 0 aromatic heterocycles. The number of likely N-dealkylation sites (tertiary alicyclic amines) is 1. The van der Waals surface area contributed by atoms with Gasteiger partial charge in [0, 0.05) is 18.0 Å². The number of rotatable bonds is 1. The normalized spacial score (nSPS) is 24.3. The second-order valence-electron chi connectivity index (χ2n) is 6.90. The van der Waals surface area contributed by atoms with E-state index in [1.165, 1.54) is 37.5 Å². The average molecular weight is 308 g/mol. The number of benzene rings is 2. The summed E-state index contributed by atoms with van der Waals surface area (Å²) >= 11 is 0. The maximum Gasteiger partial charge on any atom is 0.322 e. The monoisotopic (exact) mass is 308 g/mol. The molecule has 3 heteroatoms. The van der Waals surface area contributed by atoms with Crippen molar-refractivity contribution in [2.45, 2.75) is 44.6 Å². The SMILES string of the molecule is O=C(Nc1cccc2ccccc12)N1CCCC2CCCCC21. The average Bonchev–Trinajstić information content (AvgIpc) is 2.61. The Bertz CT molecular complexity index is 704. The number of piperidine rings is 1. The van der Waals surface area contributed by atoms with Crippen molar-refractivity contribution in [3.63, 3.8) is 0 Å². The third-order valence-corrected chi connectivity index (χ3v) is 5.54. The van der Waals surface area contributed by atoms with Crippen molar-refractivity contribution in [1.29, 1.82) is 0 Å². The fourth-order valence-electron chi connectivity index (χ4n) is 4.40. The molecule has 0 spiro atoms. The summed E-state index contributed by atoms with van der Waals surface area (Å²) in [5.74, 6) is 0.718. The van der Waals surface area contributed by atoms with E-state index in [2.05, 4.69) is 28.4 Å². The molecule has 2 unspecified atom stereocenters. The zero-order valence-electron chi connectivity index (χ0n) is 13.5. The van der Waals surface area contributed by atoms with Gasteiger partial charge in [-0.05, 0) is 43.1 Å². The van der Waals surface area contributed by atoms with Crippen molar-refractivity contribution in [3.8, 4) is 0 Å². The lowest BCUT2D eigenvalue weighted by molar-refractivity contribution is 0.0910. The van der Waals surface area contributed by atoms with Crippen LogP contribution in [0.15, 0.2) is 42.5 Å². The standard InChI is InChI=1S/C20H24N2O/c23-20(22-14-6-10-16-8-2-4-13-19(16)22)21-18-12-5-9-15-7-1-3-11-17(15)18/h1,3,5,7,9,11-12,16,19H,2,4,6,8,10,13-14H2,(H,21,23). The number of urea groups is 1. The van der Waals surface area contributed by atoms with E-state index in [4.69, 9.17) is 0 Å². The van der Waals surface area contributed by atoms with Gasteiger partial charge in [0.1, 0.15) is 0 Å². The van der Waals surface area contributed by atoms with Crippen LogP contribution in [0, 0.1) is 5.92 Å². The van der Waals surface area contributed by atoms with Crippen molar-refractivity contribution in [2.75, 3.05) is 11.9 Å². The lowest BCUT2D eigenvalue weighted by Crippen LogP contribution is -2.51. The Morgan fingerprint density at radius 2 is 1.74 bits per heavy atom. The summed E-state index contributed by atoms with van der Waals surface area (Å²) in [5.41, 5.74) is 0.922. The van der Waals surface area contributed by atoms with Crippen LogP contribution < -0.4 is 5.32 Å². The smallest absolute Gasteiger partial charge is 0.321 e. The second-order valence-corrected chi connectivity index (χ2v) is 6.90. The van der Waals surface area contributed by atoms with Crippen LogP contribution in [-0.4, -0.2) is 23.5 Å². The first-order valence-corrected chi connectivity index (χ1v) is 8.88. The van der Waals surface area contributed by atoms with E-state index in [0.29, 0.717) is 6.04 Å². The van der Waals surface area contributed by atoms with Gasteiger partial charge in [-0.25, -0.2) is 4.79 Å². The molecule has 2 aliphatic rings. The maximum atomic E-state index is 12.9. The van der Waals surface area contributed by atoms with E-state index >= 15 is 0 Å². The molecule has 2 aromatic rings. The summed E-state index contributed by atoms with van der Waals surface area (Å²) in [4.78, 5) is 15.0. The van der Waals surface area contributed by atoms with Gasteiger partial charge in [-0.15, -0.1) is 0 Å². The lowest BCUT2D eigenvalue weighted by atomic mass is 9.78. The number of fused-ring (bicyclic) bond motifs is 2. The first kappa shape index (κ1) is 14.6. The molecule has 1 saturated heterocycles. The minimum absolute atomic E-state index is 0.0814. The molecule has 2 aromatic carbocycles. The first-order chi connectivity index (χ1) is 11.3. The Morgan fingerprint density at radius 1 is 0.957 bits per heavy atom. The molecular weight excluding hydrogens is 284 g/mol. The first-order valence-electron chi connectivity index (χ1n) is 8.88. The topological polar surface area (TPSA) is 32.3 Å². The van der Waals surface area contributed by atoms with Crippen molar-refractivity contribution < 1.29 is 4.79 Å². The summed E-state index contributed by atoms with van der Waals surface area (Å²) in [6.07, 6.45) is 7.50. The number of carbonyl (C=O) groups is 1. The van der Waals surface area contributed by atoms with Gasteiger partial charge in [0.2, 0.25) is 0 Å². The summed E-state index contributed by atoms with van der Waals surface area (Å²) in [7, 11) is 0. The fourth-order valence-corrected chi connectivity index (χ4v) is 4.40. The van der Waals surface area contributed by atoms with E-state index in [0.717, 1.165) is 30.0 Å². The summed E-state index contributed by atoms with van der Waals surface area (Å²) < 4.78 is 0. The molecular formula is C20H24N2O. The van der Waals surface area contributed by atoms with Crippen molar-refractivity contribution in [3.05, 3.63) is 42.5 Å². The van der Waals surface area contributed by atoms with Gasteiger partial charge in [0.25, 0.3) is 0 Å². The van der Waals surface area contributed by atoms with Crippen molar-refractivity contribution >= 4 is 22.5 Å². The highest BCUT2D eigenvalue weighted by Gasteiger charge is 2.35. The molecule has 1 aliphatic heterocycles. The van der Waals surface area contributed by atoms with Gasteiger partial charge < -0.3 is 10.2 Å². The molecule has 1 aliphatic carbocycles. The van der Waals surface area contributed by atoms with Gasteiger partial charge >= 0.3 is 6.03 Å². The van der Waals surface area contributed by atoms with Gasteiger partial charge in [-0.1, -0.05) is 49.2 Å². The number of anilines is 1. The number of carbonyl (C=O) groups excluding carboxylic acids is 1. The quantitative estimate of drug-likeness (QED) is 0.787. The van der Waals surface area contributed by atoms with Crippen LogP contribution in [0.25, 0.3) is 10.8 Å². The number of hydrogen-bond donors (Lipinski definition) is 1. The molecule has 120 valence electrons. The maximum absolute atomic E-state index is 12.9. The predicted molar refractivity (Wildman–Crippen MR) is 94.7 cm³/mol. The zero-order chi connectivity index (χ0) is 15.6. The zero-order valence-corrected chi connectivity index (χ0v) is 13.5. The lowest BCUT2D eigenvalue weighted by Gasteiger charge is -2.44. The van der Waals surface area contributed by atoms with Gasteiger partial charge in [0.05, 0.1) is 5.69 Å². The minimum atomic E-state index is 0.0814. The molecule has 2 fully saturated rings. The van der Waals surface area contributed by atoms with Crippen LogP contribution in [0.2, 0.25) is 0 Å². The Balaban J connectivity index is 1.56. The van der Waals surface area contributed by atoms with Crippen LogP contribution in [-0.2, 0) is 0 Å². The number of nitrogens with zero attached hydrogens (tertiary/aromatic N) is 1. The van der Waals surface area contributed by atoms with Gasteiger partial charge in [-0.2, -0.15) is 0 Å². The number of nitrogens with one attached hydrogen (secondary N) is 1. The number of hydrogen-bond acceptors (Lipinski definition) is 1. The molecule has 1 heterocycles. The largest absolute Gasteiger partial charge is 0.322 e. The second kappa shape index (κ2) is 6.23. The Hall–Kier alpha value is -2.03. The van der Waals surface area contributed by atoms with Gasteiger partial charge in [-0.3, -0.25) is 0 Å². The third kappa shape index (κ3) is 2.80. The molecule has 0 bridgehead atoms. The van der Waals surface area contributed by atoms with Crippen molar-refractivity contribution in [1.82, 2.24) is 4.90 Å². The van der Waals surface area contributed by atoms with E-state index in [1.807, 2.05) is 24.3 Å². The van der Waals surface area contributed by atoms with E-state index in [-0.39, 0.29) is 6.03 Å². The molecule has 2 amide bonds. The van der Waals surface area contributed by atoms with Crippen LogP contribution in [0.1, 0.15) is 38.5 Å². The fraction of sp³-hybridized carbons (Fsp3) is 0.450. The van der Waals surface area contributed by atoms with Crippen molar-refractivity contribution in [2.24, 2.45) is 5.92 Å². The van der Waals surface area contributed by atoms with Crippen LogP contribution in [0.4, 0.5) is 10.5 Å². The third-order valence-electron chi connectivity index (χ3n) is 5.54. The summed E-state index contributed by atoms with van der Waals surface area (Å²) in [6.45, 7) is 0.901. The molecule has 4 rings (SSSR count). The molecule has 23 heavy (non-hydrogen) atoms. The van der Waals surface area contributed by atoms with Crippen LogP contribution in [0.5, 0.6) is 0 Å². The molecule has 3 nitrogen and oxygen atoms in total. The minimum Gasteiger partial charge on any atom is -0.321 e. The highest BCUT2D eigenvalue weighted by atomic mass is 16.2. The van der Waals surface area contributed by atoms with E-state index in [9.17, 15) is 4.79 Å². The summed E-state index contributed by atoms with van der Waals surface area (Å²) in [5, 5.41) is 5.45. The molecule has 1 saturated carbocycles. The Kier molecular flexibility index (Phi) is 3.94.